The molecule has 2 spiro atoms. The van der Waals surface area contributed by atoms with Crippen molar-refractivity contribution in [1.29, 1.82) is 0 Å². The molecule has 7 unspecified atom stereocenters. The van der Waals surface area contributed by atoms with E-state index in [1.807, 2.05) is 4.90 Å². The van der Waals surface area contributed by atoms with Crippen LogP contribution < -0.4 is 11.4 Å². The van der Waals surface area contributed by atoms with Gasteiger partial charge in [-0.25, -0.2) is 33.1 Å². The summed E-state index contributed by atoms with van der Waals surface area (Å²) in [5.74, 6) is -1.40. The van der Waals surface area contributed by atoms with Gasteiger partial charge in [-0.3, -0.25) is 0 Å². The van der Waals surface area contributed by atoms with Crippen LogP contribution in [0.3, 0.4) is 0 Å². The van der Waals surface area contributed by atoms with Crippen molar-refractivity contribution in [3.8, 4) is 0 Å². The van der Waals surface area contributed by atoms with Gasteiger partial charge in [0, 0.05) is 13.1 Å². The smallest absolute Gasteiger partial charge is 0.354 e. The number of hydrogen-bond acceptors (Lipinski definition) is 10. The first-order chi connectivity index (χ1) is 16.3. The van der Waals surface area contributed by atoms with Gasteiger partial charge in [-0.05, 0) is 12.8 Å². The van der Waals surface area contributed by atoms with E-state index in [2.05, 4.69) is 5.16 Å². The van der Waals surface area contributed by atoms with Gasteiger partial charge in [0.2, 0.25) is 0 Å². The standard InChI is InChI=1S/C21H23N5O8/c1-23-18(29)25-15-13-14-16(26(25)19(23)30)20-7-33-8-21(15,20)11(5-4-10(20)22-34-14)24(13)9(17(28)32-3)6-12(27)31-2/h6,11,13-16H,4-5,7-8H2,1-3H3/b9-6+. The van der Waals surface area contributed by atoms with E-state index in [-0.39, 0.29) is 11.7 Å². The summed E-state index contributed by atoms with van der Waals surface area (Å²) in [6.07, 6.45) is 1.67. The van der Waals surface area contributed by atoms with E-state index >= 15 is 0 Å². The van der Waals surface area contributed by atoms with Gasteiger partial charge in [0.05, 0.1) is 62.1 Å². The zero-order chi connectivity index (χ0) is 23.7. The first-order valence-electron chi connectivity index (χ1n) is 11.2. The van der Waals surface area contributed by atoms with Gasteiger partial charge in [0.15, 0.2) is 6.10 Å². The second kappa shape index (κ2) is 6.01. The summed E-state index contributed by atoms with van der Waals surface area (Å²) >= 11 is 0. The zero-order valence-electron chi connectivity index (χ0n) is 18.8. The number of ether oxygens (including phenoxy) is 3. The number of nitrogens with zero attached hydrogens (tertiary/aromatic N) is 5. The number of carbonyl (C=O) groups is 2. The Balaban J connectivity index is 1.57. The third-order valence-electron chi connectivity index (χ3n) is 9.06. The molecule has 13 nitrogen and oxygen atoms in total. The van der Waals surface area contributed by atoms with Crippen molar-refractivity contribution in [3.05, 3.63) is 32.7 Å². The minimum absolute atomic E-state index is 0.0337. The van der Waals surface area contributed by atoms with Gasteiger partial charge in [-0.1, -0.05) is 5.16 Å². The van der Waals surface area contributed by atoms with Gasteiger partial charge >= 0.3 is 23.3 Å². The number of oxime groups is 1. The predicted octanol–water partition coefficient (Wildman–Crippen LogP) is -1.71. The Labute approximate surface area is 192 Å². The molecule has 6 heterocycles. The zero-order valence-corrected chi connectivity index (χ0v) is 18.8. The lowest BCUT2D eigenvalue weighted by molar-refractivity contribution is -0.172. The molecule has 1 aromatic rings. The Bertz CT molecular complexity index is 1350. The van der Waals surface area contributed by atoms with Crippen LogP contribution in [0.2, 0.25) is 0 Å². The lowest BCUT2D eigenvalue weighted by atomic mass is 9.45. The van der Waals surface area contributed by atoms with Crippen molar-refractivity contribution < 1.29 is 28.6 Å². The highest BCUT2D eigenvalue weighted by Gasteiger charge is 2.87. The quantitative estimate of drug-likeness (QED) is 0.371. The maximum atomic E-state index is 13.3. The molecule has 0 amide bonds. The number of carbonyl (C=O) groups excluding carboxylic acids is 2. The summed E-state index contributed by atoms with van der Waals surface area (Å²) in [6, 6.07) is -1.90. The molecule has 13 heteroatoms. The van der Waals surface area contributed by atoms with E-state index in [0.29, 0.717) is 26.1 Å². The third-order valence-corrected chi connectivity index (χ3v) is 9.06. The molecule has 2 saturated carbocycles. The molecule has 6 bridgehead atoms. The van der Waals surface area contributed by atoms with Crippen LogP contribution in [-0.4, -0.2) is 82.1 Å². The highest BCUT2D eigenvalue weighted by atomic mass is 16.6. The number of hydrogen-bond donors (Lipinski definition) is 0. The molecule has 5 aliphatic heterocycles. The summed E-state index contributed by atoms with van der Waals surface area (Å²) in [5, 5.41) is 4.50. The molecule has 180 valence electrons. The van der Waals surface area contributed by atoms with Crippen molar-refractivity contribution in [2.24, 2.45) is 23.0 Å². The van der Waals surface area contributed by atoms with Gasteiger partial charge in [-0.15, -0.1) is 0 Å². The highest BCUT2D eigenvalue weighted by Crippen LogP contribution is 2.76. The SMILES string of the molecule is COC(=O)/C=C(\C(=O)OC)N1C2C3ON=C4CCC1C15COCC41C3n1c(=O)n(C)c(=O)n1C25. The van der Waals surface area contributed by atoms with E-state index in [1.54, 1.807) is 0 Å². The maximum Gasteiger partial charge on any atom is 0.354 e. The van der Waals surface area contributed by atoms with E-state index in [9.17, 15) is 19.2 Å². The molecule has 2 saturated heterocycles. The Morgan fingerprint density at radius 1 is 1.12 bits per heavy atom. The van der Waals surface area contributed by atoms with Gasteiger partial charge < -0.3 is 23.9 Å². The monoisotopic (exact) mass is 473 g/mol. The van der Waals surface area contributed by atoms with Crippen molar-refractivity contribution >= 4 is 17.7 Å². The van der Waals surface area contributed by atoms with Gasteiger partial charge in [0.1, 0.15) is 11.7 Å². The largest absolute Gasteiger partial charge is 0.466 e. The first kappa shape index (κ1) is 20.1. The van der Waals surface area contributed by atoms with Crippen LogP contribution >= 0.6 is 0 Å². The summed E-state index contributed by atoms with van der Waals surface area (Å²) < 4.78 is 20.2. The molecule has 8 rings (SSSR count). The minimum atomic E-state index is -0.702. The number of esters is 2. The third kappa shape index (κ3) is 1.76. The van der Waals surface area contributed by atoms with Gasteiger partial charge in [0.25, 0.3) is 0 Å². The predicted molar refractivity (Wildman–Crippen MR) is 111 cm³/mol. The molecule has 34 heavy (non-hydrogen) atoms. The maximum absolute atomic E-state index is 13.3. The summed E-state index contributed by atoms with van der Waals surface area (Å²) in [7, 11) is 3.94. The average Bonchev–Trinajstić information content (AvgIpc) is 3.48. The normalized spacial score (nSPS) is 40.0. The topological polar surface area (TPSA) is 136 Å². The van der Waals surface area contributed by atoms with Gasteiger partial charge in [-0.2, -0.15) is 0 Å². The van der Waals surface area contributed by atoms with Crippen molar-refractivity contribution in [1.82, 2.24) is 18.8 Å². The summed E-state index contributed by atoms with van der Waals surface area (Å²) in [5.41, 5.74) is -1.28. The number of aromatic nitrogens is 3. The fourth-order valence-electron chi connectivity index (χ4n) is 8.08. The van der Waals surface area contributed by atoms with E-state index in [4.69, 9.17) is 19.0 Å². The van der Waals surface area contributed by atoms with Crippen LogP contribution in [0.1, 0.15) is 24.9 Å². The molecule has 0 radical (unpaired) electrons. The van der Waals surface area contributed by atoms with E-state index < -0.39 is 58.4 Å². The van der Waals surface area contributed by atoms with Crippen LogP contribution in [0.5, 0.6) is 0 Å². The lowest BCUT2D eigenvalue weighted by Crippen LogP contribution is -2.75. The highest BCUT2D eigenvalue weighted by molar-refractivity contribution is 5.97. The molecule has 7 aliphatic rings. The Hall–Kier alpha value is -3.35. The lowest BCUT2D eigenvalue weighted by Gasteiger charge is -2.63. The minimum Gasteiger partial charge on any atom is -0.466 e. The van der Waals surface area contributed by atoms with Crippen LogP contribution in [0.25, 0.3) is 0 Å². The molecule has 2 aliphatic carbocycles. The molecule has 0 N–H and O–H groups in total. The average molecular weight is 473 g/mol. The number of rotatable bonds is 3. The number of methoxy groups -OCH3 is 2. The fraction of sp³-hybridized carbons (Fsp3) is 0.667. The molecular formula is C21H23N5O8. The van der Waals surface area contributed by atoms with Crippen molar-refractivity contribution in [2.45, 2.75) is 43.1 Å². The molecule has 1 aromatic heterocycles. The van der Waals surface area contributed by atoms with Crippen molar-refractivity contribution in [2.75, 3.05) is 27.4 Å². The Morgan fingerprint density at radius 2 is 1.85 bits per heavy atom. The van der Waals surface area contributed by atoms with Crippen LogP contribution in [0.4, 0.5) is 0 Å². The Kier molecular flexibility index (Phi) is 3.54. The van der Waals surface area contributed by atoms with E-state index in [0.717, 1.165) is 16.4 Å². The van der Waals surface area contributed by atoms with Crippen LogP contribution in [0.15, 0.2) is 26.5 Å². The van der Waals surface area contributed by atoms with Crippen LogP contribution in [-0.2, 0) is 35.7 Å². The molecule has 7 atom stereocenters. The van der Waals surface area contributed by atoms with Crippen LogP contribution in [0, 0.1) is 10.8 Å². The Morgan fingerprint density at radius 3 is 2.56 bits per heavy atom. The number of likely N-dealkylation sites (tertiary alicyclic amines) is 1. The molecule has 4 fully saturated rings. The molecule has 0 aromatic carbocycles. The van der Waals surface area contributed by atoms with Crippen molar-refractivity contribution in [3.63, 3.8) is 0 Å². The second-order valence-electron chi connectivity index (χ2n) is 9.81. The molecular weight excluding hydrogens is 450 g/mol. The first-order valence-corrected chi connectivity index (χ1v) is 11.2. The summed E-state index contributed by atoms with van der Waals surface area (Å²) in [6.45, 7) is 0.674. The fourth-order valence-corrected chi connectivity index (χ4v) is 8.08. The second-order valence-corrected chi connectivity index (χ2v) is 9.81. The van der Waals surface area contributed by atoms with E-state index in [1.165, 1.54) is 30.6 Å². The summed E-state index contributed by atoms with van der Waals surface area (Å²) in [4.78, 5) is 59.8.